The van der Waals surface area contributed by atoms with Crippen LogP contribution in [-0.2, 0) is 16.1 Å². The molecule has 2 heterocycles. The standard InChI is InChI=1S/C19H17N5O2S/c25-18(10-24-16-3-1-2-4-17(16)27-11-19(24)26)22-15-7-5-14(6-8-15)9-23-13-20-12-21-23/h1-8,12-13H,9-11H2,(H,22,25). The third-order valence-electron chi connectivity index (χ3n) is 4.16. The molecule has 136 valence electrons. The van der Waals surface area contributed by atoms with Crippen LogP contribution < -0.4 is 10.2 Å². The molecule has 8 heteroatoms. The average Bonchev–Trinajstić information content (AvgIpc) is 3.19. The number of thioether (sulfide) groups is 1. The first-order valence-electron chi connectivity index (χ1n) is 8.42. The molecule has 0 aliphatic carbocycles. The fraction of sp³-hybridized carbons (Fsp3) is 0.158. The van der Waals surface area contributed by atoms with Crippen molar-refractivity contribution < 1.29 is 9.59 Å². The third kappa shape index (κ3) is 4.01. The molecule has 27 heavy (non-hydrogen) atoms. The summed E-state index contributed by atoms with van der Waals surface area (Å²) in [5, 5.41) is 6.92. The molecule has 1 aromatic heterocycles. The van der Waals surface area contributed by atoms with Crippen molar-refractivity contribution in [2.75, 3.05) is 22.5 Å². The van der Waals surface area contributed by atoms with Gasteiger partial charge in [0, 0.05) is 10.6 Å². The Hall–Kier alpha value is -3.13. The number of carbonyl (C=O) groups excluding carboxylic acids is 2. The number of carbonyl (C=O) groups is 2. The minimum atomic E-state index is -0.228. The largest absolute Gasteiger partial charge is 0.325 e. The summed E-state index contributed by atoms with van der Waals surface area (Å²) < 4.78 is 1.73. The number of benzene rings is 2. The second-order valence-corrected chi connectivity index (χ2v) is 7.09. The highest BCUT2D eigenvalue weighted by atomic mass is 32.2. The van der Waals surface area contributed by atoms with Crippen molar-refractivity contribution >= 4 is 35.0 Å². The van der Waals surface area contributed by atoms with Crippen molar-refractivity contribution in [2.45, 2.75) is 11.4 Å². The Balaban J connectivity index is 1.40. The number of aromatic nitrogens is 3. The minimum absolute atomic E-state index is 0.00286. The fourth-order valence-corrected chi connectivity index (χ4v) is 3.80. The third-order valence-corrected chi connectivity index (χ3v) is 5.21. The monoisotopic (exact) mass is 379 g/mol. The Kier molecular flexibility index (Phi) is 4.88. The van der Waals surface area contributed by atoms with Crippen LogP contribution >= 0.6 is 11.8 Å². The topological polar surface area (TPSA) is 80.1 Å². The highest BCUT2D eigenvalue weighted by molar-refractivity contribution is 8.00. The molecule has 0 atom stereocenters. The van der Waals surface area contributed by atoms with Gasteiger partial charge in [-0.15, -0.1) is 11.8 Å². The van der Waals surface area contributed by atoms with Crippen molar-refractivity contribution in [1.29, 1.82) is 0 Å². The van der Waals surface area contributed by atoms with E-state index in [0.717, 1.165) is 16.1 Å². The molecular weight excluding hydrogens is 362 g/mol. The molecule has 7 nitrogen and oxygen atoms in total. The number of anilines is 2. The number of amides is 2. The van der Waals surface area contributed by atoms with E-state index in [2.05, 4.69) is 15.4 Å². The summed E-state index contributed by atoms with van der Waals surface area (Å²) >= 11 is 1.50. The van der Waals surface area contributed by atoms with Gasteiger partial charge in [-0.3, -0.25) is 9.59 Å². The lowest BCUT2D eigenvalue weighted by molar-refractivity contribution is -0.120. The lowest BCUT2D eigenvalue weighted by Crippen LogP contribution is -2.41. The van der Waals surface area contributed by atoms with E-state index < -0.39 is 0 Å². The van der Waals surface area contributed by atoms with Crippen molar-refractivity contribution in [1.82, 2.24) is 14.8 Å². The van der Waals surface area contributed by atoms with E-state index in [4.69, 9.17) is 0 Å². The second-order valence-electron chi connectivity index (χ2n) is 6.07. The van der Waals surface area contributed by atoms with E-state index in [1.54, 1.807) is 15.9 Å². The first-order chi connectivity index (χ1) is 13.2. The molecule has 0 saturated heterocycles. The number of nitrogens with zero attached hydrogens (tertiary/aromatic N) is 4. The lowest BCUT2D eigenvalue weighted by atomic mass is 10.2. The van der Waals surface area contributed by atoms with Gasteiger partial charge in [0.15, 0.2) is 0 Å². The molecule has 0 fully saturated rings. The van der Waals surface area contributed by atoms with Gasteiger partial charge < -0.3 is 10.2 Å². The summed E-state index contributed by atoms with van der Waals surface area (Å²) in [7, 11) is 0. The summed E-state index contributed by atoms with van der Waals surface area (Å²) in [6.45, 7) is 0.613. The van der Waals surface area contributed by atoms with Crippen LogP contribution in [0.3, 0.4) is 0 Å². The van der Waals surface area contributed by atoms with Gasteiger partial charge >= 0.3 is 0 Å². The van der Waals surface area contributed by atoms with E-state index in [0.29, 0.717) is 18.0 Å². The van der Waals surface area contributed by atoms with Crippen LogP contribution in [0.1, 0.15) is 5.56 Å². The van der Waals surface area contributed by atoms with Crippen LogP contribution in [-0.4, -0.2) is 38.9 Å². The van der Waals surface area contributed by atoms with Crippen LogP contribution in [0.2, 0.25) is 0 Å². The zero-order chi connectivity index (χ0) is 18.6. The first-order valence-corrected chi connectivity index (χ1v) is 9.41. The van der Waals surface area contributed by atoms with Crippen LogP contribution in [0.5, 0.6) is 0 Å². The smallest absolute Gasteiger partial charge is 0.244 e. The maximum Gasteiger partial charge on any atom is 0.244 e. The van der Waals surface area contributed by atoms with Crippen LogP contribution in [0.15, 0.2) is 66.1 Å². The summed E-state index contributed by atoms with van der Waals surface area (Å²) in [6, 6.07) is 15.2. The molecule has 2 amide bonds. The zero-order valence-corrected chi connectivity index (χ0v) is 15.2. The maximum atomic E-state index is 12.4. The molecule has 1 aliphatic heterocycles. The van der Waals surface area contributed by atoms with Crippen LogP contribution in [0.4, 0.5) is 11.4 Å². The molecular formula is C19H17N5O2S. The summed E-state index contributed by atoms with van der Waals surface area (Å²) in [4.78, 5) is 31.2. The van der Waals surface area contributed by atoms with Crippen LogP contribution in [0.25, 0.3) is 0 Å². The number of hydrogen-bond donors (Lipinski definition) is 1. The van der Waals surface area contributed by atoms with Crippen molar-refractivity contribution in [2.24, 2.45) is 0 Å². The van der Waals surface area contributed by atoms with Crippen molar-refractivity contribution in [3.63, 3.8) is 0 Å². The van der Waals surface area contributed by atoms with E-state index >= 15 is 0 Å². The number of rotatable bonds is 5. The van der Waals surface area contributed by atoms with Crippen molar-refractivity contribution in [3.8, 4) is 0 Å². The summed E-state index contributed by atoms with van der Waals surface area (Å²) in [5.41, 5.74) is 2.53. The molecule has 1 N–H and O–H groups in total. The highest BCUT2D eigenvalue weighted by Crippen LogP contribution is 2.34. The molecule has 4 rings (SSSR count). The predicted molar refractivity (Wildman–Crippen MR) is 104 cm³/mol. The van der Waals surface area contributed by atoms with Gasteiger partial charge in [-0.2, -0.15) is 5.10 Å². The molecule has 0 unspecified atom stereocenters. The minimum Gasteiger partial charge on any atom is -0.325 e. The Morgan fingerprint density at radius 2 is 1.96 bits per heavy atom. The van der Waals surface area contributed by atoms with Gasteiger partial charge in [0.05, 0.1) is 18.0 Å². The molecule has 1 aliphatic rings. The zero-order valence-electron chi connectivity index (χ0n) is 14.4. The quantitative estimate of drug-likeness (QED) is 0.736. The second kappa shape index (κ2) is 7.63. The normalized spacial score (nSPS) is 13.3. The van der Waals surface area contributed by atoms with Gasteiger partial charge in [-0.05, 0) is 29.8 Å². The Morgan fingerprint density at radius 1 is 1.15 bits per heavy atom. The first kappa shape index (κ1) is 17.3. The number of para-hydroxylation sites is 1. The highest BCUT2D eigenvalue weighted by Gasteiger charge is 2.26. The Labute approximate surface area is 160 Å². The van der Waals surface area contributed by atoms with Crippen molar-refractivity contribution in [3.05, 3.63) is 66.7 Å². The number of nitrogens with one attached hydrogen (secondary N) is 1. The van der Waals surface area contributed by atoms with E-state index in [9.17, 15) is 9.59 Å². The number of fused-ring (bicyclic) bond motifs is 1. The van der Waals surface area contributed by atoms with Gasteiger partial charge in [0.1, 0.15) is 19.2 Å². The molecule has 0 saturated carbocycles. The van der Waals surface area contributed by atoms with Gasteiger partial charge in [0.2, 0.25) is 11.8 Å². The maximum absolute atomic E-state index is 12.4. The van der Waals surface area contributed by atoms with Gasteiger partial charge in [0.25, 0.3) is 0 Å². The Morgan fingerprint density at radius 3 is 2.74 bits per heavy atom. The summed E-state index contributed by atoms with van der Waals surface area (Å²) in [5.74, 6) is 0.0625. The lowest BCUT2D eigenvalue weighted by Gasteiger charge is -2.28. The predicted octanol–water partition coefficient (Wildman–Crippen LogP) is 2.40. The Bertz CT molecular complexity index is 956. The summed E-state index contributed by atoms with van der Waals surface area (Å²) in [6.07, 6.45) is 3.15. The fourth-order valence-electron chi connectivity index (χ4n) is 2.87. The van der Waals surface area contributed by atoms with E-state index in [1.165, 1.54) is 18.1 Å². The molecule has 0 bridgehead atoms. The molecule has 0 radical (unpaired) electrons. The number of hydrogen-bond acceptors (Lipinski definition) is 5. The SMILES string of the molecule is O=C(CN1C(=O)CSc2ccccc21)Nc1ccc(Cn2cncn2)cc1. The van der Waals surface area contributed by atoms with Gasteiger partial charge in [-0.25, -0.2) is 9.67 Å². The van der Waals surface area contributed by atoms with E-state index in [1.807, 2.05) is 48.5 Å². The van der Waals surface area contributed by atoms with Crippen LogP contribution in [0, 0.1) is 0 Å². The molecule has 0 spiro atoms. The average molecular weight is 379 g/mol. The van der Waals surface area contributed by atoms with Gasteiger partial charge in [-0.1, -0.05) is 24.3 Å². The molecule has 2 aromatic carbocycles. The molecule has 3 aromatic rings. The van der Waals surface area contributed by atoms with E-state index in [-0.39, 0.29) is 18.4 Å².